The molecule has 0 atom stereocenters. The molecule has 19 heavy (non-hydrogen) atoms. The maximum atomic E-state index is 12.3. The SMILES string of the molecule is Nc1ccc([N+](=O)[O-])cc1C(=O)N1CCCNCC1. The van der Waals surface area contributed by atoms with Crippen molar-refractivity contribution in [2.24, 2.45) is 0 Å². The Kier molecular flexibility index (Phi) is 3.96. The zero-order chi connectivity index (χ0) is 13.8. The molecule has 1 aliphatic rings. The highest BCUT2D eigenvalue weighted by molar-refractivity contribution is 5.99. The fourth-order valence-corrected chi connectivity index (χ4v) is 2.06. The Morgan fingerprint density at radius 2 is 2.16 bits per heavy atom. The number of amides is 1. The number of anilines is 1. The van der Waals surface area contributed by atoms with E-state index in [2.05, 4.69) is 5.32 Å². The number of nitro groups is 1. The molecule has 7 heteroatoms. The molecule has 1 aliphatic heterocycles. The largest absolute Gasteiger partial charge is 0.398 e. The Morgan fingerprint density at radius 1 is 1.37 bits per heavy atom. The second-order valence-corrected chi connectivity index (χ2v) is 4.42. The summed E-state index contributed by atoms with van der Waals surface area (Å²) in [7, 11) is 0. The first-order chi connectivity index (χ1) is 9.09. The van der Waals surface area contributed by atoms with Crippen molar-refractivity contribution in [2.75, 3.05) is 31.9 Å². The third kappa shape index (κ3) is 3.00. The molecule has 102 valence electrons. The lowest BCUT2D eigenvalue weighted by Gasteiger charge is -2.20. The van der Waals surface area contributed by atoms with Crippen molar-refractivity contribution in [1.82, 2.24) is 10.2 Å². The van der Waals surface area contributed by atoms with Gasteiger partial charge in [-0.25, -0.2) is 0 Å². The lowest BCUT2D eigenvalue weighted by molar-refractivity contribution is -0.384. The number of nitrogens with zero attached hydrogens (tertiary/aromatic N) is 2. The van der Waals surface area contributed by atoms with Crippen molar-refractivity contribution < 1.29 is 9.72 Å². The molecule has 0 spiro atoms. The van der Waals surface area contributed by atoms with Crippen molar-refractivity contribution in [3.63, 3.8) is 0 Å². The zero-order valence-electron chi connectivity index (χ0n) is 10.5. The Hall–Kier alpha value is -2.15. The van der Waals surface area contributed by atoms with Gasteiger partial charge in [0.15, 0.2) is 0 Å². The van der Waals surface area contributed by atoms with E-state index >= 15 is 0 Å². The number of rotatable bonds is 2. The van der Waals surface area contributed by atoms with E-state index in [0.717, 1.165) is 19.5 Å². The van der Waals surface area contributed by atoms with Gasteiger partial charge in [-0.15, -0.1) is 0 Å². The van der Waals surface area contributed by atoms with Crippen LogP contribution in [-0.4, -0.2) is 41.9 Å². The van der Waals surface area contributed by atoms with E-state index in [1.54, 1.807) is 4.90 Å². The van der Waals surface area contributed by atoms with E-state index in [0.29, 0.717) is 13.1 Å². The summed E-state index contributed by atoms with van der Waals surface area (Å²) in [6.45, 7) is 2.81. The average Bonchev–Trinajstić information content (AvgIpc) is 2.67. The van der Waals surface area contributed by atoms with Gasteiger partial charge in [-0.05, 0) is 19.0 Å². The molecule has 0 aliphatic carbocycles. The number of nitrogen functional groups attached to an aromatic ring is 1. The van der Waals surface area contributed by atoms with Gasteiger partial charge in [0, 0.05) is 37.5 Å². The standard InChI is InChI=1S/C12H16N4O3/c13-11-3-2-9(16(18)19)8-10(11)12(17)15-6-1-4-14-5-7-15/h2-3,8,14H,1,4-7,13H2. The van der Waals surface area contributed by atoms with Crippen molar-refractivity contribution in [1.29, 1.82) is 0 Å². The van der Waals surface area contributed by atoms with Crippen molar-refractivity contribution >= 4 is 17.3 Å². The van der Waals surface area contributed by atoms with Gasteiger partial charge in [0.1, 0.15) is 0 Å². The van der Waals surface area contributed by atoms with Crippen LogP contribution in [0.15, 0.2) is 18.2 Å². The van der Waals surface area contributed by atoms with Crippen molar-refractivity contribution in [3.05, 3.63) is 33.9 Å². The minimum atomic E-state index is -0.528. The summed E-state index contributed by atoms with van der Waals surface area (Å²) in [5, 5.41) is 13.9. The molecule has 0 aromatic heterocycles. The number of non-ortho nitro benzene ring substituents is 1. The first kappa shape index (κ1) is 13.3. The van der Waals surface area contributed by atoms with Crippen LogP contribution in [0, 0.1) is 10.1 Å². The molecule has 1 amide bonds. The second kappa shape index (κ2) is 5.66. The summed E-state index contributed by atoms with van der Waals surface area (Å²) in [6.07, 6.45) is 0.862. The number of hydrogen-bond donors (Lipinski definition) is 2. The fourth-order valence-electron chi connectivity index (χ4n) is 2.06. The van der Waals surface area contributed by atoms with Crippen molar-refractivity contribution in [2.45, 2.75) is 6.42 Å². The van der Waals surface area contributed by atoms with Gasteiger partial charge in [0.25, 0.3) is 11.6 Å². The first-order valence-electron chi connectivity index (χ1n) is 6.13. The minimum absolute atomic E-state index is 0.120. The predicted molar refractivity (Wildman–Crippen MR) is 70.9 cm³/mol. The number of nitro benzene ring substituents is 1. The Bertz CT molecular complexity index is 496. The minimum Gasteiger partial charge on any atom is -0.398 e. The molecule has 1 aromatic carbocycles. The summed E-state index contributed by atoms with van der Waals surface area (Å²) in [5.41, 5.74) is 6.11. The Balaban J connectivity index is 2.26. The molecule has 0 radical (unpaired) electrons. The number of hydrogen-bond acceptors (Lipinski definition) is 5. The van der Waals surface area contributed by atoms with E-state index in [-0.39, 0.29) is 22.8 Å². The van der Waals surface area contributed by atoms with E-state index in [1.165, 1.54) is 18.2 Å². The molecule has 3 N–H and O–H groups in total. The molecule has 2 rings (SSSR count). The summed E-state index contributed by atoms with van der Waals surface area (Å²) in [5.74, 6) is -0.245. The number of nitrogens with two attached hydrogens (primary N) is 1. The third-order valence-electron chi connectivity index (χ3n) is 3.11. The van der Waals surface area contributed by atoms with E-state index < -0.39 is 4.92 Å². The monoisotopic (exact) mass is 264 g/mol. The van der Waals surface area contributed by atoms with E-state index in [4.69, 9.17) is 5.73 Å². The molecule has 1 fully saturated rings. The normalized spacial score (nSPS) is 15.9. The van der Waals surface area contributed by atoms with Gasteiger partial charge >= 0.3 is 0 Å². The number of carbonyl (C=O) groups is 1. The highest BCUT2D eigenvalue weighted by Crippen LogP contribution is 2.21. The highest BCUT2D eigenvalue weighted by atomic mass is 16.6. The summed E-state index contributed by atoms with van der Waals surface area (Å²) < 4.78 is 0. The van der Waals surface area contributed by atoms with Crippen LogP contribution in [0.1, 0.15) is 16.8 Å². The van der Waals surface area contributed by atoms with Crippen LogP contribution in [-0.2, 0) is 0 Å². The molecule has 1 saturated heterocycles. The molecule has 0 bridgehead atoms. The van der Waals surface area contributed by atoms with Gasteiger partial charge < -0.3 is 16.0 Å². The average molecular weight is 264 g/mol. The van der Waals surface area contributed by atoms with Crippen LogP contribution in [0.3, 0.4) is 0 Å². The number of nitrogens with one attached hydrogen (secondary N) is 1. The summed E-state index contributed by atoms with van der Waals surface area (Å²) in [6, 6.07) is 3.95. The van der Waals surface area contributed by atoms with Crippen LogP contribution in [0.2, 0.25) is 0 Å². The lowest BCUT2D eigenvalue weighted by Crippen LogP contribution is -2.34. The van der Waals surface area contributed by atoms with Crippen molar-refractivity contribution in [3.8, 4) is 0 Å². The topological polar surface area (TPSA) is 101 Å². The third-order valence-corrected chi connectivity index (χ3v) is 3.11. The maximum Gasteiger partial charge on any atom is 0.270 e. The molecule has 0 saturated carbocycles. The Morgan fingerprint density at radius 3 is 2.89 bits per heavy atom. The van der Waals surface area contributed by atoms with Crippen LogP contribution in [0.5, 0.6) is 0 Å². The molecular formula is C12H16N4O3. The van der Waals surface area contributed by atoms with Crippen LogP contribution >= 0.6 is 0 Å². The quantitative estimate of drug-likeness (QED) is 0.463. The van der Waals surface area contributed by atoms with E-state index in [9.17, 15) is 14.9 Å². The number of carbonyl (C=O) groups excluding carboxylic acids is 1. The molecule has 7 nitrogen and oxygen atoms in total. The number of benzene rings is 1. The van der Waals surface area contributed by atoms with Crippen LogP contribution in [0.4, 0.5) is 11.4 Å². The lowest BCUT2D eigenvalue weighted by atomic mass is 10.1. The highest BCUT2D eigenvalue weighted by Gasteiger charge is 2.21. The Labute approximate surface area is 110 Å². The predicted octanol–water partition coefficient (Wildman–Crippen LogP) is 0.612. The van der Waals surface area contributed by atoms with Gasteiger partial charge in [-0.2, -0.15) is 0 Å². The molecular weight excluding hydrogens is 248 g/mol. The first-order valence-corrected chi connectivity index (χ1v) is 6.13. The fraction of sp³-hybridized carbons (Fsp3) is 0.417. The smallest absolute Gasteiger partial charge is 0.270 e. The van der Waals surface area contributed by atoms with Gasteiger partial charge in [-0.1, -0.05) is 0 Å². The summed E-state index contributed by atoms with van der Waals surface area (Å²) >= 11 is 0. The molecule has 1 heterocycles. The maximum absolute atomic E-state index is 12.3. The van der Waals surface area contributed by atoms with Gasteiger partial charge in [0.05, 0.1) is 10.5 Å². The zero-order valence-corrected chi connectivity index (χ0v) is 10.5. The van der Waals surface area contributed by atoms with Gasteiger partial charge in [-0.3, -0.25) is 14.9 Å². The molecule has 1 aromatic rings. The van der Waals surface area contributed by atoms with Gasteiger partial charge in [0.2, 0.25) is 0 Å². The van der Waals surface area contributed by atoms with Crippen LogP contribution < -0.4 is 11.1 Å². The van der Waals surface area contributed by atoms with E-state index in [1.807, 2.05) is 0 Å². The summed E-state index contributed by atoms with van der Waals surface area (Å²) in [4.78, 5) is 24.2. The van der Waals surface area contributed by atoms with Crippen LogP contribution in [0.25, 0.3) is 0 Å². The second-order valence-electron chi connectivity index (χ2n) is 4.42. The molecule has 0 unspecified atom stereocenters.